The maximum absolute atomic E-state index is 13.2. The average molecular weight is 512 g/mol. The Labute approximate surface area is 190 Å². The van der Waals surface area contributed by atoms with Crippen LogP contribution in [0, 0.1) is 5.82 Å². The molecule has 0 aliphatic rings. The Kier molecular flexibility index (Phi) is 7.39. The molecule has 0 radical (unpaired) electrons. The summed E-state index contributed by atoms with van der Waals surface area (Å²) in [5, 5.41) is 4.35. The molecule has 0 saturated heterocycles. The number of nitrogens with zero attached hydrogens (tertiary/aromatic N) is 4. The third kappa shape index (κ3) is 5.86. The molecule has 3 rings (SSSR count). The molecule has 0 aliphatic heterocycles. The summed E-state index contributed by atoms with van der Waals surface area (Å²) >= 11 is 3.37. The number of halogens is 2. The summed E-state index contributed by atoms with van der Waals surface area (Å²) in [7, 11) is 0.136. The molecule has 1 N–H and O–H groups in total. The molecule has 3 aromatic rings. The Bertz CT molecular complexity index is 1060. The molecule has 1 unspecified atom stereocenters. The van der Waals surface area contributed by atoms with E-state index < -0.39 is 21.8 Å². The van der Waals surface area contributed by atoms with Gasteiger partial charge in [-0.15, -0.1) is 0 Å². The number of benzene rings is 1. The zero-order valence-corrected chi connectivity index (χ0v) is 19.9. The maximum atomic E-state index is 13.2. The molecule has 8 nitrogen and oxygen atoms in total. The van der Waals surface area contributed by atoms with E-state index in [-0.39, 0.29) is 12.4 Å². The van der Waals surface area contributed by atoms with E-state index in [0.29, 0.717) is 21.9 Å². The van der Waals surface area contributed by atoms with Gasteiger partial charge < -0.3 is 9.47 Å². The van der Waals surface area contributed by atoms with Crippen molar-refractivity contribution in [1.82, 2.24) is 24.5 Å². The molecule has 0 fully saturated rings. The quantitative estimate of drug-likeness (QED) is 0.495. The van der Waals surface area contributed by atoms with Crippen LogP contribution in [0.2, 0.25) is 0 Å². The van der Waals surface area contributed by atoms with Gasteiger partial charge in [0.1, 0.15) is 23.2 Å². The van der Waals surface area contributed by atoms with Gasteiger partial charge in [0.05, 0.1) is 40.8 Å². The molecule has 2 atom stereocenters. The molecule has 2 aromatic heterocycles. The Morgan fingerprint density at radius 3 is 2.55 bits per heavy atom. The predicted molar refractivity (Wildman–Crippen MR) is 119 cm³/mol. The predicted octanol–water partition coefficient (Wildman–Crippen LogP) is 3.74. The molecule has 31 heavy (non-hydrogen) atoms. The highest BCUT2D eigenvalue weighted by atomic mass is 79.9. The molecule has 1 aromatic carbocycles. The summed E-state index contributed by atoms with van der Waals surface area (Å²) in [6.07, 6.45) is 4.77. The van der Waals surface area contributed by atoms with Gasteiger partial charge in [0.25, 0.3) is 0 Å². The topological polar surface area (TPSA) is 91.2 Å². The lowest BCUT2D eigenvalue weighted by atomic mass is 10.2. The van der Waals surface area contributed by atoms with Crippen LogP contribution in [0.3, 0.4) is 0 Å². The normalized spacial score (nSPS) is 13.6. The van der Waals surface area contributed by atoms with E-state index in [2.05, 4.69) is 35.7 Å². The van der Waals surface area contributed by atoms with E-state index in [9.17, 15) is 8.60 Å². The average Bonchev–Trinajstić information content (AvgIpc) is 3.21. The van der Waals surface area contributed by atoms with Crippen LogP contribution >= 0.6 is 15.9 Å². The molecule has 0 spiro atoms. The lowest BCUT2D eigenvalue weighted by molar-refractivity contribution is 0.266. The number of rotatable bonds is 8. The fourth-order valence-corrected chi connectivity index (χ4v) is 3.80. The van der Waals surface area contributed by atoms with Crippen LogP contribution in [0.25, 0.3) is 5.69 Å². The molecule has 166 valence electrons. The number of aromatic nitrogens is 4. The second kappa shape index (κ2) is 9.84. The van der Waals surface area contributed by atoms with Gasteiger partial charge in [-0.05, 0) is 61.0 Å². The van der Waals surface area contributed by atoms with Crippen molar-refractivity contribution in [1.29, 1.82) is 0 Å². The monoisotopic (exact) mass is 511 g/mol. The van der Waals surface area contributed by atoms with Gasteiger partial charge >= 0.3 is 0 Å². The van der Waals surface area contributed by atoms with Crippen LogP contribution in [0.1, 0.15) is 32.4 Å². The van der Waals surface area contributed by atoms with Crippen molar-refractivity contribution in [3.05, 3.63) is 58.8 Å². The van der Waals surface area contributed by atoms with Crippen LogP contribution in [-0.2, 0) is 11.0 Å². The smallest absolute Gasteiger partial charge is 0.235 e. The maximum Gasteiger partial charge on any atom is 0.235 e. The van der Waals surface area contributed by atoms with Crippen LogP contribution in [-0.4, -0.2) is 42.4 Å². The summed E-state index contributed by atoms with van der Waals surface area (Å²) in [5.41, 5.74) is 1.45. The number of ether oxygens (including phenoxy) is 2. The molecular weight excluding hydrogens is 489 g/mol. The summed E-state index contributed by atoms with van der Waals surface area (Å²) in [6.45, 7) is 5.75. The second-order valence-corrected chi connectivity index (χ2v) is 10.4. The minimum absolute atomic E-state index is 0.121. The van der Waals surface area contributed by atoms with Gasteiger partial charge in [0.2, 0.25) is 11.8 Å². The van der Waals surface area contributed by atoms with E-state index >= 15 is 0 Å². The fraction of sp³-hybridized carbons (Fsp3) is 0.350. The van der Waals surface area contributed by atoms with Gasteiger partial charge in [-0.2, -0.15) is 5.10 Å². The number of hydrogen-bond acceptors (Lipinski definition) is 6. The van der Waals surface area contributed by atoms with Gasteiger partial charge in [-0.3, -0.25) is 0 Å². The first kappa shape index (κ1) is 23.3. The van der Waals surface area contributed by atoms with Crippen LogP contribution in [0.4, 0.5) is 4.39 Å². The SMILES string of the molecule is COc1ncnc(OC[C@H](NS(=O)C(C)(C)C)c2cnn(-c3ccc(F)cc3)c2)c1Br. The van der Waals surface area contributed by atoms with Crippen molar-refractivity contribution in [2.75, 3.05) is 13.7 Å². The Morgan fingerprint density at radius 2 is 1.90 bits per heavy atom. The van der Waals surface area contributed by atoms with Crippen molar-refractivity contribution in [2.45, 2.75) is 31.6 Å². The Balaban J connectivity index is 1.85. The van der Waals surface area contributed by atoms with Gasteiger partial charge in [0.15, 0.2) is 0 Å². The summed E-state index contributed by atoms with van der Waals surface area (Å²) in [5.74, 6) is 0.318. The highest BCUT2D eigenvalue weighted by Crippen LogP contribution is 2.30. The largest absolute Gasteiger partial charge is 0.480 e. The molecule has 2 heterocycles. The van der Waals surface area contributed by atoms with E-state index in [1.807, 2.05) is 20.8 Å². The number of nitrogens with one attached hydrogen (secondary N) is 1. The van der Waals surface area contributed by atoms with Crippen molar-refractivity contribution in [2.24, 2.45) is 0 Å². The zero-order chi connectivity index (χ0) is 22.6. The van der Waals surface area contributed by atoms with Crippen LogP contribution < -0.4 is 14.2 Å². The summed E-state index contributed by atoms with van der Waals surface area (Å²) in [4.78, 5) is 8.12. The lowest BCUT2D eigenvalue weighted by Crippen LogP contribution is -2.37. The number of hydrogen-bond donors (Lipinski definition) is 1. The summed E-state index contributed by atoms with van der Waals surface area (Å²) < 4.78 is 41.8. The molecule has 0 amide bonds. The highest BCUT2D eigenvalue weighted by molar-refractivity contribution is 9.10. The van der Waals surface area contributed by atoms with Crippen molar-refractivity contribution < 1.29 is 18.1 Å². The fourth-order valence-electron chi connectivity index (χ4n) is 2.50. The standard InChI is InChI=1S/C20H23BrFN5O3S/c1-20(2,3)31(28)26-16(11-30-19-17(21)18(29-4)23-12-24-19)13-9-25-27(10-13)15-7-5-14(22)6-8-15/h5-10,12,16,26H,11H2,1-4H3/t16-,31?/m0/s1. The highest BCUT2D eigenvalue weighted by Gasteiger charge is 2.25. The molecule has 0 saturated carbocycles. The van der Waals surface area contributed by atoms with Crippen LogP contribution in [0.15, 0.2) is 47.5 Å². The van der Waals surface area contributed by atoms with E-state index in [1.54, 1.807) is 29.2 Å². The minimum atomic E-state index is -1.36. The molecule has 0 aliphatic carbocycles. The Hall–Kier alpha value is -2.37. The first-order valence-electron chi connectivity index (χ1n) is 9.35. The Morgan fingerprint density at radius 1 is 1.23 bits per heavy atom. The van der Waals surface area contributed by atoms with E-state index in [4.69, 9.17) is 9.47 Å². The lowest BCUT2D eigenvalue weighted by Gasteiger charge is -2.23. The second-order valence-electron chi connectivity index (χ2n) is 7.56. The summed E-state index contributed by atoms with van der Waals surface area (Å²) in [6, 6.07) is 5.53. The van der Waals surface area contributed by atoms with E-state index in [0.717, 1.165) is 5.56 Å². The first-order valence-corrected chi connectivity index (χ1v) is 11.3. The van der Waals surface area contributed by atoms with E-state index in [1.165, 1.54) is 25.6 Å². The van der Waals surface area contributed by atoms with Crippen LogP contribution in [0.5, 0.6) is 11.8 Å². The van der Waals surface area contributed by atoms with Crippen molar-refractivity contribution >= 4 is 26.9 Å². The zero-order valence-electron chi connectivity index (χ0n) is 17.5. The third-order valence-corrected chi connectivity index (χ3v) is 6.50. The molecular formula is C20H23BrFN5O3S. The number of methoxy groups -OCH3 is 1. The third-order valence-electron chi connectivity index (χ3n) is 4.21. The van der Waals surface area contributed by atoms with Crippen molar-refractivity contribution in [3.8, 4) is 17.4 Å². The molecule has 0 bridgehead atoms. The van der Waals surface area contributed by atoms with Crippen molar-refractivity contribution in [3.63, 3.8) is 0 Å². The minimum Gasteiger partial charge on any atom is -0.480 e. The van der Waals surface area contributed by atoms with Gasteiger partial charge in [0, 0.05) is 11.8 Å². The first-order chi connectivity index (χ1) is 14.7. The van der Waals surface area contributed by atoms with Gasteiger partial charge in [-0.1, -0.05) is 0 Å². The molecule has 11 heteroatoms. The van der Waals surface area contributed by atoms with Gasteiger partial charge in [-0.25, -0.2) is 28.0 Å².